The molecule has 0 radical (unpaired) electrons. The zero-order valence-electron chi connectivity index (χ0n) is 12.0. The minimum atomic E-state index is 0.501. The number of thiocarbonyl (C=S) groups is 1. The highest BCUT2D eigenvalue weighted by Crippen LogP contribution is 2.17. The molecule has 1 aliphatic rings. The number of pyridine rings is 1. The van der Waals surface area contributed by atoms with E-state index in [2.05, 4.69) is 15.6 Å². The van der Waals surface area contributed by atoms with Crippen molar-refractivity contribution < 1.29 is 4.74 Å². The third-order valence-electron chi connectivity index (χ3n) is 3.64. The SMILES string of the molecule is COc1ccc(NC(=S)NC2CCCCCCC2)cn1. The highest BCUT2D eigenvalue weighted by atomic mass is 32.1. The van der Waals surface area contributed by atoms with Crippen molar-refractivity contribution in [2.24, 2.45) is 0 Å². The van der Waals surface area contributed by atoms with E-state index in [1.165, 1.54) is 44.9 Å². The summed E-state index contributed by atoms with van der Waals surface area (Å²) in [7, 11) is 1.61. The van der Waals surface area contributed by atoms with Gasteiger partial charge in [0.1, 0.15) is 0 Å². The topological polar surface area (TPSA) is 46.2 Å². The van der Waals surface area contributed by atoms with Crippen LogP contribution in [0.5, 0.6) is 5.88 Å². The lowest BCUT2D eigenvalue weighted by Crippen LogP contribution is -2.38. The first-order valence-electron chi connectivity index (χ1n) is 7.35. The number of hydrogen-bond donors (Lipinski definition) is 2. The van der Waals surface area contributed by atoms with Gasteiger partial charge in [0.2, 0.25) is 5.88 Å². The third-order valence-corrected chi connectivity index (χ3v) is 3.86. The van der Waals surface area contributed by atoms with Crippen molar-refractivity contribution in [2.45, 2.75) is 51.0 Å². The molecule has 0 saturated heterocycles. The Balaban J connectivity index is 1.81. The predicted molar refractivity (Wildman–Crippen MR) is 86.3 cm³/mol. The van der Waals surface area contributed by atoms with Gasteiger partial charge in [0.15, 0.2) is 5.11 Å². The number of rotatable bonds is 3. The number of aromatic nitrogens is 1. The Morgan fingerprint density at radius 1 is 1.20 bits per heavy atom. The molecule has 2 N–H and O–H groups in total. The van der Waals surface area contributed by atoms with Crippen LogP contribution < -0.4 is 15.4 Å². The third kappa shape index (κ3) is 4.96. The van der Waals surface area contributed by atoms with Gasteiger partial charge >= 0.3 is 0 Å². The minimum absolute atomic E-state index is 0.501. The molecular weight excluding hydrogens is 270 g/mol. The van der Waals surface area contributed by atoms with Crippen molar-refractivity contribution in [2.75, 3.05) is 12.4 Å². The number of ether oxygens (including phenoxy) is 1. The summed E-state index contributed by atoms with van der Waals surface area (Å²) in [6.07, 6.45) is 10.8. The van der Waals surface area contributed by atoms with Crippen LogP contribution in [0.25, 0.3) is 0 Å². The first kappa shape index (κ1) is 15.0. The van der Waals surface area contributed by atoms with E-state index in [9.17, 15) is 0 Å². The Morgan fingerprint density at radius 2 is 1.90 bits per heavy atom. The average Bonchev–Trinajstić information content (AvgIpc) is 2.42. The smallest absolute Gasteiger partial charge is 0.213 e. The zero-order valence-corrected chi connectivity index (χ0v) is 12.8. The minimum Gasteiger partial charge on any atom is -0.481 e. The monoisotopic (exact) mass is 293 g/mol. The fourth-order valence-electron chi connectivity index (χ4n) is 2.53. The molecule has 4 nitrogen and oxygen atoms in total. The van der Waals surface area contributed by atoms with E-state index in [0.717, 1.165) is 5.69 Å². The Kier molecular flexibility index (Phi) is 6.05. The van der Waals surface area contributed by atoms with E-state index >= 15 is 0 Å². The molecule has 1 aromatic rings. The molecule has 1 aromatic heterocycles. The van der Waals surface area contributed by atoms with Gasteiger partial charge in [-0.25, -0.2) is 4.98 Å². The van der Waals surface area contributed by atoms with Gasteiger partial charge in [-0.05, 0) is 31.1 Å². The summed E-state index contributed by atoms with van der Waals surface area (Å²) in [6.45, 7) is 0. The lowest BCUT2D eigenvalue weighted by atomic mass is 9.97. The van der Waals surface area contributed by atoms with Gasteiger partial charge in [-0.1, -0.05) is 32.1 Å². The van der Waals surface area contributed by atoms with Crippen LogP contribution in [-0.4, -0.2) is 23.2 Å². The lowest BCUT2D eigenvalue weighted by Gasteiger charge is -2.22. The number of methoxy groups -OCH3 is 1. The van der Waals surface area contributed by atoms with Crippen molar-refractivity contribution in [3.8, 4) is 5.88 Å². The molecule has 0 unspecified atom stereocenters. The van der Waals surface area contributed by atoms with Crippen molar-refractivity contribution in [1.29, 1.82) is 0 Å². The largest absolute Gasteiger partial charge is 0.481 e. The highest BCUT2D eigenvalue weighted by molar-refractivity contribution is 7.80. The van der Waals surface area contributed by atoms with Gasteiger partial charge in [0, 0.05) is 12.1 Å². The molecule has 0 atom stereocenters. The molecule has 1 heterocycles. The number of anilines is 1. The maximum atomic E-state index is 5.37. The van der Waals surface area contributed by atoms with Crippen molar-refractivity contribution in [1.82, 2.24) is 10.3 Å². The summed E-state index contributed by atoms with van der Waals surface area (Å²) in [5.41, 5.74) is 0.883. The van der Waals surface area contributed by atoms with E-state index in [0.29, 0.717) is 17.0 Å². The molecule has 0 aromatic carbocycles. The highest BCUT2D eigenvalue weighted by Gasteiger charge is 2.12. The van der Waals surface area contributed by atoms with E-state index in [1.54, 1.807) is 13.3 Å². The molecule has 20 heavy (non-hydrogen) atoms. The molecule has 0 aliphatic heterocycles. The normalized spacial score (nSPS) is 16.9. The standard InChI is InChI=1S/C15H23N3OS/c1-19-14-10-9-13(11-16-14)18-15(20)17-12-7-5-3-2-4-6-8-12/h9-12H,2-8H2,1H3,(H2,17,18,20). The van der Waals surface area contributed by atoms with Crippen LogP contribution >= 0.6 is 12.2 Å². The van der Waals surface area contributed by atoms with Crippen LogP contribution in [0.2, 0.25) is 0 Å². The zero-order chi connectivity index (χ0) is 14.2. The van der Waals surface area contributed by atoms with Gasteiger partial charge in [-0.3, -0.25) is 0 Å². The average molecular weight is 293 g/mol. The van der Waals surface area contributed by atoms with Crippen LogP contribution in [0, 0.1) is 0 Å². The van der Waals surface area contributed by atoms with E-state index in [1.807, 2.05) is 12.1 Å². The maximum Gasteiger partial charge on any atom is 0.213 e. The Bertz CT molecular complexity index is 414. The number of nitrogens with one attached hydrogen (secondary N) is 2. The molecule has 2 rings (SSSR count). The van der Waals surface area contributed by atoms with Crippen LogP contribution in [0.4, 0.5) is 5.69 Å². The van der Waals surface area contributed by atoms with Crippen LogP contribution in [0.15, 0.2) is 18.3 Å². The Labute approximate surface area is 126 Å². The van der Waals surface area contributed by atoms with Gasteiger partial charge in [0.25, 0.3) is 0 Å². The van der Waals surface area contributed by atoms with Crippen LogP contribution in [0.3, 0.4) is 0 Å². The molecule has 0 spiro atoms. The second kappa shape index (κ2) is 8.04. The van der Waals surface area contributed by atoms with E-state index in [4.69, 9.17) is 17.0 Å². The molecule has 1 aliphatic carbocycles. The van der Waals surface area contributed by atoms with Gasteiger partial charge < -0.3 is 15.4 Å². The first-order chi connectivity index (χ1) is 9.78. The Morgan fingerprint density at radius 3 is 2.50 bits per heavy atom. The lowest BCUT2D eigenvalue weighted by molar-refractivity contribution is 0.398. The molecule has 0 bridgehead atoms. The van der Waals surface area contributed by atoms with Gasteiger partial charge in [-0.2, -0.15) is 0 Å². The second-order valence-corrected chi connectivity index (χ2v) is 5.64. The van der Waals surface area contributed by atoms with Crippen LogP contribution in [-0.2, 0) is 0 Å². The summed E-state index contributed by atoms with van der Waals surface area (Å²) in [6, 6.07) is 4.24. The number of hydrogen-bond acceptors (Lipinski definition) is 3. The molecular formula is C15H23N3OS. The summed E-state index contributed by atoms with van der Waals surface area (Å²) in [4.78, 5) is 4.15. The first-order valence-corrected chi connectivity index (χ1v) is 7.76. The molecule has 1 fully saturated rings. The predicted octanol–water partition coefficient (Wildman–Crippen LogP) is 3.49. The van der Waals surface area contributed by atoms with Crippen molar-refractivity contribution in [3.05, 3.63) is 18.3 Å². The molecule has 5 heteroatoms. The van der Waals surface area contributed by atoms with Crippen LogP contribution in [0.1, 0.15) is 44.9 Å². The van der Waals surface area contributed by atoms with E-state index in [-0.39, 0.29) is 0 Å². The quantitative estimate of drug-likeness (QED) is 0.835. The van der Waals surface area contributed by atoms with E-state index < -0.39 is 0 Å². The van der Waals surface area contributed by atoms with Crippen molar-refractivity contribution >= 4 is 23.0 Å². The summed E-state index contributed by atoms with van der Waals surface area (Å²) >= 11 is 5.37. The van der Waals surface area contributed by atoms with Gasteiger partial charge in [0.05, 0.1) is 19.0 Å². The molecule has 1 saturated carbocycles. The number of nitrogens with zero attached hydrogens (tertiary/aromatic N) is 1. The molecule has 0 amide bonds. The summed E-state index contributed by atoms with van der Waals surface area (Å²) in [5.74, 6) is 0.606. The van der Waals surface area contributed by atoms with Gasteiger partial charge in [-0.15, -0.1) is 0 Å². The fourth-order valence-corrected chi connectivity index (χ4v) is 2.81. The summed E-state index contributed by atoms with van der Waals surface area (Å²) in [5, 5.41) is 7.29. The maximum absolute atomic E-state index is 5.37. The Hall–Kier alpha value is -1.36. The molecule has 110 valence electrons. The summed E-state index contributed by atoms with van der Waals surface area (Å²) < 4.78 is 5.03. The fraction of sp³-hybridized carbons (Fsp3) is 0.600. The van der Waals surface area contributed by atoms with Crippen molar-refractivity contribution in [3.63, 3.8) is 0 Å². The second-order valence-electron chi connectivity index (χ2n) is 5.23.